The molecule has 1 heterocycles. The average Bonchev–Trinajstić information content (AvgIpc) is 2.58. The third-order valence-corrected chi connectivity index (χ3v) is 3.32. The minimum atomic E-state index is -2.94. The number of nitrogens with zero attached hydrogens (tertiary/aromatic N) is 1. The van der Waals surface area contributed by atoms with Crippen LogP contribution in [0.1, 0.15) is 17.5 Å². The molecule has 0 bridgehead atoms. The molecule has 2 rings (SSSR count). The number of halogens is 2. The maximum absolute atomic E-state index is 12.4. The molecule has 1 aromatic carbocycles. The van der Waals surface area contributed by atoms with Crippen LogP contribution in [-0.4, -0.2) is 24.6 Å². The molecule has 0 unspecified atom stereocenters. The van der Waals surface area contributed by atoms with E-state index in [0.717, 1.165) is 5.56 Å². The van der Waals surface area contributed by atoms with Gasteiger partial charge in [0.1, 0.15) is 0 Å². The van der Waals surface area contributed by atoms with Crippen molar-refractivity contribution in [3.63, 3.8) is 0 Å². The Labute approximate surface area is 138 Å². The third kappa shape index (κ3) is 5.49. The van der Waals surface area contributed by atoms with Gasteiger partial charge in [-0.2, -0.15) is 8.78 Å². The zero-order valence-corrected chi connectivity index (χ0v) is 13.2. The van der Waals surface area contributed by atoms with E-state index in [4.69, 9.17) is 4.74 Å². The highest BCUT2D eigenvalue weighted by Crippen LogP contribution is 2.29. The molecular weight excluding hydrogens is 318 g/mol. The summed E-state index contributed by atoms with van der Waals surface area (Å²) in [5.41, 5.74) is 1.67. The Bertz CT molecular complexity index is 666. The van der Waals surface area contributed by atoms with Crippen molar-refractivity contribution in [2.75, 3.05) is 7.11 Å². The van der Waals surface area contributed by atoms with E-state index in [0.29, 0.717) is 18.4 Å². The summed E-state index contributed by atoms with van der Waals surface area (Å²) in [6.45, 7) is -2.72. The van der Waals surface area contributed by atoms with Gasteiger partial charge < -0.3 is 14.8 Å². The molecule has 1 amide bonds. The van der Waals surface area contributed by atoms with Crippen LogP contribution in [0.25, 0.3) is 0 Å². The number of carbonyl (C=O) groups excluding carboxylic acids is 1. The Balaban J connectivity index is 1.87. The Kier molecular flexibility index (Phi) is 6.48. The highest BCUT2D eigenvalue weighted by atomic mass is 19.3. The summed E-state index contributed by atoms with van der Waals surface area (Å²) >= 11 is 0. The molecule has 1 N–H and O–H groups in total. The number of aromatic nitrogens is 1. The summed E-state index contributed by atoms with van der Waals surface area (Å²) in [7, 11) is 1.37. The topological polar surface area (TPSA) is 60.5 Å². The number of pyridine rings is 1. The van der Waals surface area contributed by atoms with Crippen molar-refractivity contribution in [1.82, 2.24) is 10.3 Å². The first-order chi connectivity index (χ1) is 11.6. The van der Waals surface area contributed by atoms with Gasteiger partial charge in [0.05, 0.1) is 7.11 Å². The van der Waals surface area contributed by atoms with Crippen LogP contribution in [-0.2, 0) is 17.8 Å². The largest absolute Gasteiger partial charge is 0.493 e. The van der Waals surface area contributed by atoms with E-state index in [1.165, 1.54) is 19.2 Å². The molecule has 5 nitrogen and oxygen atoms in total. The van der Waals surface area contributed by atoms with Gasteiger partial charge in [0.2, 0.25) is 5.91 Å². The van der Waals surface area contributed by atoms with Crippen molar-refractivity contribution in [3.8, 4) is 11.5 Å². The standard InChI is InChI=1S/C17H18F2N2O3/c1-23-14-4-2-13(10-15(14)24-17(18)19)11-21-16(22)5-3-12-6-8-20-9-7-12/h2,4,6-10,17H,3,5,11H2,1H3,(H,21,22). The van der Waals surface area contributed by atoms with Crippen molar-refractivity contribution >= 4 is 5.91 Å². The van der Waals surface area contributed by atoms with Gasteiger partial charge in [-0.15, -0.1) is 0 Å². The molecule has 0 saturated heterocycles. The van der Waals surface area contributed by atoms with E-state index in [9.17, 15) is 13.6 Å². The fourth-order valence-corrected chi connectivity index (χ4v) is 2.12. The van der Waals surface area contributed by atoms with E-state index >= 15 is 0 Å². The highest BCUT2D eigenvalue weighted by Gasteiger charge is 2.11. The molecule has 7 heteroatoms. The van der Waals surface area contributed by atoms with E-state index in [1.807, 2.05) is 12.1 Å². The molecule has 0 saturated carbocycles. The number of hydrogen-bond acceptors (Lipinski definition) is 4. The second-order valence-electron chi connectivity index (χ2n) is 5.00. The van der Waals surface area contributed by atoms with Crippen molar-refractivity contribution in [2.24, 2.45) is 0 Å². The van der Waals surface area contributed by atoms with Gasteiger partial charge in [0.15, 0.2) is 11.5 Å². The van der Waals surface area contributed by atoms with Gasteiger partial charge in [0, 0.05) is 25.4 Å². The molecule has 0 spiro atoms. The van der Waals surface area contributed by atoms with E-state index < -0.39 is 6.61 Å². The predicted molar refractivity (Wildman–Crippen MR) is 84.0 cm³/mol. The first-order valence-electron chi connectivity index (χ1n) is 7.36. The lowest BCUT2D eigenvalue weighted by Gasteiger charge is -2.12. The molecule has 0 aliphatic heterocycles. The number of carbonyl (C=O) groups is 1. The van der Waals surface area contributed by atoms with Gasteiger partial charge >= 0.3 is 6.61 Å². The number of rotatable bonds is 8. The maximum Gasteiger partial charge on any atom is 0.387 e. The van der Waals surface area contributed by atoms with Crippen LogP contribution < -0.4 is 14.8 Å². The number of nitrogens with one attached hydrogen (secondary N) is 1. The summed E-state index contributed by atoms with van der Waals surface area (Å²) in [5.74, 6) is 0.0260. The molecule has 0 radical (unpaired) electrons. The van der Waals surface area contributed by atoms with Crippen LogP contribution in [0.2, 0.25) is 0 Å². The minimum absolute atomic E-state index is 0.0592. The summed E-state index contributed by atoms with van der Waals surface area (Å²) in [5, 5.41) is 2.75. The van der Waals surface area contributed by atoms with Crippen LogP contribution in [0, 0.1) is 0 Å². The maximum atomic E-state index is 12.4. The lowest BCUT2D eigenvalue weighted by molar-refractivity contribution is -0.121. The van der Waals surface area contributed by atoms with Gasteiger partial charge in [-0.25, -0.2) is 0 Å². The Morgan fingerprint density at radius 3 is 2.58 bits per heavy atom. The SMILES string of the molecule is COc1ccc(CNC(=O)CCc2ccncc2)cc1OC(F)F. The molecule has 128 valence electrons. The molecule has 0 atom stereocenters. The van der Waals surface area contributed by atoms with Gasteiger partial charge in [0.25, 0.3) is 0 Å². The Morgan fingerprint density at radius 1 is 1.17 bits per heavy atom. The summed E-state index contributed by atoms with van der Waals surface area (Å²) < 4.78 is 34.2. The molecule has 24 heavy (non-hydrogen) atoms. The number of benzene rings is 1. The highest BCUT2D eigenvalue weighted by molar-refractivity contribution is 5.76. The monoisotopic (exact) mass is 336 g/mol. The van der Waals surface area contributed by atoms with Crippen molar-refractivity contribution in [3.05, 3.63) is 53.9 Å². The van der Waals surface area contributed by atoms with Crippen LogP contribution in [0.3, 0.4) is 0 Å². The van der Waals surface area contributed by atoms with Crippen molar-refractivity contribution in [1.29, 1.82) is 0 Å². The minimum Gasteiger partial charge on any atom is -0.493 e. The second-order valence-corrected chi connectivity index (χ2v) is 5.00. The van der Waals surface area contributed by atoms with Gasteiger partial charge in [-0.05, 0) is 41.8 Å². The molecule has 1 aromatic heterocycles. The van der Waals surface area contributed by atoms with Crippen LogP contribution in [0.4, 0.5) is 8.78 Å². The lowest BCUT2D eigenvalue weighted by atomic mass is 10.1. The van der Waals surface area contributed by atoms with Gasteiger partial charge in [-0.1, -0.05) is 6.07 Å². The number of methoxy groups -OCH3 is 1. The molecule has 0 fully saturated rings. The lowest BCUT2D eigenvalue weighted by Crippen LogP contribution is -2.23. The fraction of sp³-hybridized carbons (Fsp3) is 0.294. The fourth-order valence-electron chi connectivity index (χ4n) is 2.12. The van der Waals surface area contributed by atoms with Gasteiger partial charge in [-0.3, -0.25) is 9.78 Å². The molecule has 0 aliphatic rings. The van der Waals surface area contributed by atoms with E-state index in [1.54, 1.807) is 18.5 Å². The molecule has 2 aromatic rings. The van der Waals surface area contributed by atoms with Crippen LogP contribution >= 0.6 is 0 Å². The second kappa shape index (κ2) is 8.81. The van der Waals surface area contributed by atoms with Crippen LogP contribution in [0.15, 0.2) is 42.7 Å². The Hall–Kier alpha value is -2.70. The van der Waals surface area contributed by atoms with Crippen LogP contribution in [0.5, 0.6) is 11.5 Å². The Morgan fingerprint density at radius 2 is 1.92 bits per heavy atom. The summed E-state index contributed by atoms with van der Waals surface area (Å²) in [6.07, 6.45) is 4.29. The molecular formula is C17H18F2N2O3. The number of hydrogen-bond donors (Lipinski definition) is 1. The first kappa shape index (κ1) is 17.7. The smallest absolute Gasteiger partial charge is 0.387 e. The number of aryl methyl sites for hydroxylation is 1. The predicted octanol–water partition coefficient (Wildman–Crippen LogP) is 2.94. The number of alkyl halides is 2. The third-order valence-electron chi connectivity index (χ3n) is 3.32. The average molecular weight is 336 g/mol. The quantitative estimate of drug-likeness (QED) is 0.805. The first-order valence-corrected chi connectivity index (χ1v) is 7.36. The van der Waals surface area contributed by atoms with E-state index in [-0.39, 0.29) is 24.0 Å². The summed E-state index contributed by atoms with van der Waals surface area (Å²) in [6, 6.07) is 8.33. The normalized spacial score (nSPS) is 10.5. The van der Waals surface area contributed by atoms with Crippen molar-refractivity contribution < 1.29 is 23.0 Å². The number of ether oxygens (including phenoxy) is 2. The van der Waals surface area contributed by atoms with Crippen molar-refractivity contribution in [2.45, 2.75) is 26.0 Å². The molecule has 0 aliphatic carbocycles. The summed E-state index contributed by atoms with van der Waals surface area (Å²) in [4.78, 5) is 15.8. The zero-order valence-electron chi connectivity index (χ0n) is 13.2. The zero-order chi connectivity index (χ0) is 17.4. The van der Waals surface area contributed by atoms with E-state index in [2.05, 4.69) is 15.0 Å². The number of amides is 1.